The number of likely N-dealkylation sites (tertiary alicyclic amines) is 1. The van der Waals surface area contributed by atoms with Crippen molar-refractivity contribution in [1.82, 2.24) is 9.80 Å². The van der Waals surface area contributed by atoms with E-state index in [2.05, 4.69) is 16.8 Å². The molecule has 1 atom stereocenters. The Kier molecular flexibility index (Phi) is 6.88. The minimum atomic E-state index is 0.334. The van der Waals surface area contributed by atoms with Crippen molar-refractivity contribution in [3.63, 3.8) is 0 Å². The van der Waals surface area contributed by atoms with Gasteiger partial charge in [-0.3, -0.25) is 4.79 Å². The van der Waals surface area contributed by atoms with Crippen molar-refractivity contribution in [2.45, 2.75) is 51.6 Å². The molecule has 0 radical (unpaired) electrons. The summed E-state index contributed by atoms with van der Waals surface area (Å²) in [4.78, 5) is 16.8. The lowest BCUT2D eigenvalue weighted by atomic mass is 10.1. The number of ether oxygens (including phenoxy) is 2. The van der Waals surface area contributed by atoms with E-state index in [9.17, 15) is 4.79 Å². The van der Waals surface area contributed by atoms with Gasteiger partial charge < -0.3 is 19.3 Å². The summed E-state index contributed by atoms with van der Waals surface area (Å²) in [7, 11) is 3.73. The van der Waals surface area contributed by atoms with E-state index in [-0.39, 0.29) is 0 Å². The highest BCUT2D eigenvalue weighted by molar-refractivity contribution is 6.31. The molecule has 1 aliphatic heterocycles. The van der Waals surface area contributed by atoms with Crippen LogP contribution in [0.15, 0.2) is 12.1 Å². The zero-order chi connectivity index (χ0) is 19.4. The first-order chi connectivity index (χ1) is 13.0. The molecule has 3 rings (SSSR count). The van der Waals surface area contributed by atoms with Gasteiger partial charge in [0.1, 0.15) is 0 Å². The number of benzene rings is 1. The van der Waals surface area contributed by atoms with E-state index in [0.717, 1.165) is 25.2 Å². The van der Waals surface area contributed by atoms with Gasteiger partial charge in [-0.15, -0.1) is 0 Å². The van der Waals surface area contributed by atoms with Crippen LogP contribution in [-0.2, 0) is 11.3 Å². The van der Waals surface area contributed by atoms with E-state index < -0.39 is 0 Å². The first kappa shape index (κ1) is 20.3. The fourth-order valence-corrected chi connectivity index (χ4v) is 4.64. The normalized spacial score (nSPS) is 20.7. The first-order valence-corrected chi connectivity index (χ1v) is 10.4. The largest absolute Gasteiger partial charge is 0.493 e. The van der Waals surface area contributed by atoms with Gasteiger partial charge >= 0.3 is 0 Å². The molecule has 2 fully saturated rings. The van der Waals surface area contributed by atoms with Crippen LogP contribution in [0.1, 0.15) is 44.6 Å². The van der Waals surface area contributed by atoms with E-state index in [1.807, 2.05) is 19.1 Å². The van der Waals surface area contributed by atoms with Crippen LogP contribution in [0.4, 0.5) is 0 Å². The molecule has 1 aliphatic carbocycles. The smallest absolute Gasteiger partial charge is 0.223 e. The minimum absolute atomic E-state index is 0.334. The second-order valence-electron chi connectivity index (χ2n) is 7.78. The number of carbonyl (C=O) groups is 1. The predicted octanol–water partition coefficient (Wildman–Crippen LogP) is 3.97. The standard InChI is InChI=1S/C21H31ClN2O3/c1-4-27-20-11-18(22)16(10-19(20)26-3)14-23(2)12-15-9-21(25)24(13-15)17-7-5-6-8-17/h10-11,15,17H,4-9,12-14H2,1-3H3. The quantitative estimate of drug-likeness (QED) is 0.669. The maximum Gasteiger partial charge on any atom is 0.223 e. The van der Waals surface area contributed by atoms with Crippen LogP contribution in [0.5, 0.6) is 11.5 Å². The molecule has 1 saturated heterocycles. The van der Waals surface area contributed by atoms with Crippen LogP contribution < -0.4 is 9.47 Å². The predicted molar refractivity (Wildman–Crippen MR) is 108 cm³/mol. The number of nitrogens with zero attached hydrogens (tertiary/aromatic N) is 2. The van der Waals surface area contributed by atoms with Gasteiger partial charge in [0.25, 0.3) is 0 Å². The summed E-state index contributed by atoms with van der Waals surface area (Å²) in [5.74, 6) is 2.10. The van der Waals surface area contributed by atoms with Crippen LogP contribution in [0, 0.1) is 5.92 Å². The Labute approximate surface area is 167 Å². The number of hydrogen-bond donors (Lipinski definition) is 0. The van der Waals surface area contributed by atoms with Gasteiger partial charge in [0.05, 0.1) is 13.7 Å². The van der Waals surface area contributed by atoms with Crippen molar-refractivity contribution >= 4 is 17.5 Å². The maximum atomic E-state index is 12.4. The molecule has 0 aromatic heterocycles. The van der Waals surface area contributed by atoms with Gasteiger partial charge in [-0.1, -0.05) is 24.4 Å². The summed E-state index contributed by atoms with van der Waals surface area (Å²) in [5, 5.41) is 0.682. The SMILES string of the molecule is CCOc1cc(Cl)c(CN(C)CC2CC(=O)N(C3CCCC3)C2)cc1OC. The molecule has 0 spiro atoms. The fourth-order valence-electron chi connectivity index (χ4n) is 4.42. The lowest BCUT2D eigenvalue weighted by Crippen LogP contribution is -2.35. The minimum Gasteiger partial charge on any atom is -0.493 e. The van der Waals surface area contributed by atoms with Gasteiger partial charge in [0.15, 0.2) is 11.5 Å². The summed E-state index contributed by atoms with van der Waals surface area (Å²) in [6.07, 6.45) is 5.54. The van der Waals surface area contributed by atoms with E-state index in [1.54, 1.807) is 7.11 Å². The van der Waals surface area contributed by atoms with Gasteiger partial charge in [-0.25, -0.2) is 0 Å². The third kappa shape index (κ3) is 4.88. The number of carbonyl (C=O) groups excluding carboxylic acids is 1. The highest BCUT2D eigenvalue weighted by Crippen LogP contribution is 2.34. The summed E-state index contributed by atoms with van der Waals surface area (Å²) in [5.41, 5.74) is 1.01. The van der Waals surface area contributed by atoms with Crippen LogP contribution in [0.25, 0.3) is 0 Å². The Bertz CT molecular complexity index is 661. The molecular formula is C21H31ClN2O3. The second-order valence-corrected chi connectivity index (χ2v) is 8.19. The van der Waals surface area contributed by atoms with Gasteiger partial charge in [0.2, 0.25) is 5.91 Å². The molecule has 2 aliphatic rings. The number of rotatable bonds is 8. The third-order valence-corrected chi connectivity index (χ3v) is 6.00. The van der Waals surface area contributed by atoms with Crippen LogP contribution in [-0.4, -0.2) is 55.6 Å². The van der Waals surface area contributed by atoms with E-state index in [4.69, 9.17) is 21.1 Å². The van der Waals surface area contributed by atoms with Crippen molar-refractivity contribution < 1.29 is 14.3 Å². The van der Waals surface area contributed by atoms with Crippen LogP contribution in [0.3, 0.4) is 0 Å². The first-order valence-electron chi connectivity index (χ1n) is 9.99. The zero-order valence-corrected chi connectivity index (χ0v) is 17.4. The van der Waals surface area contributed by atoms with Crippen molar-refractivity contribution in [2.75, 3.05) is 33.9 Å². The molecule has 1 unspecified atom stereocenters. The average molecular weight is 395 g/mol. The van der Waals surface area contributed by atoms with Crippen LogP contribution in [0.2, 0.25) is 5.02 Å². The molecule has 0 bridgehead atoms. The van der Waals surface area contributed by atoms with Crippen molar-refractivity contribution in [1.29, 1.82) is 0 Å². The molecule has 1 saturated carbocycles. The van der Waals surface area contributed by atoms with E-state index in [1.165, 1.54) is 25.7 Å². The molecule has 1 amide bonds. The molecular weight excluding hydrogens is 364 g/mol. The molecule has 27 heavy (non-hydrogen) atoms. The Morgan fingerprint density at radius 3 is 2.67 bits per heavy atom. The molecule has 6 heteroatoms. The van der Waals surface area contributed by atoms with Crippen molar-refractivity contribution in [3.8, 4) is 11.5 Å². The highest BCUT2D eigenvalue weighted by atomic mass is 35.5. The topological polar surface area (TPSA) is 42.0 Å². The average Bonchev–Trinajstić information content (AvgIpc) is 3.27. The third-order valence-electron chi connectivity index (χ3n) is 5.65. The summed E-state index contributed by atoms with van der Waals surface area (Å²) in [6.45, 7) is 5.01. The summed E-state index contributed by atoms with van der Waals surface area (Å²) >= 11 is 6.46. The van der Waals surface area contributed by atoms with Gasteiger partial charge in [0, 0.05) is 43.2 Å². The van der Waals surface area contributed by atoms with Crippen LogP contribution >= 0.6 is 11.6 Å². The second kappa shape index (κ2) is 9.16. The Hall–Kier alpha value is -1.46. The van der Waals surface area contributed by atoms with E-state index >= 15 is 0 Å². The Balaban J connectivity index is 1.59. The zero-order valence-electron chi connectivity index (χ0n) is 16.7. The molecule has 1 aromatic carbocycles. The Morgan fingerprint density at radius 2 is 2.00 bits per heavy atom. The summed E-state index contributed by atoms with van der Waals surface area (Å²) in [6, 6.07) is 4.26. The Morgan fingerprint density at radius 1 is 1.26 bits per heavy atom. The lowest BCUT2D eigenvalue weighted by molar-refractivity contribution is -0.129. The number of halogens is 1. The number of hydrogen-bond acceptors (Lipinski definition) is 4. The lowest BCUT2D eigenvalue weighted by Gasteiger charge is -2.25. The van der Waals surface area contributed by atoms with E-state index in [0.29, 0.717) is 47.4 Å². The molecule has 5 nitrogen and oxygen atoms in total. The molecule has 1 heterocycles. The maximum absolute atomic E-state index is 12.4. The molecule has 150 valence electrons. The van der Waals surface area contributed by atoms with Crippen molar-refractivity contribution in [3.05, 3.63) is 22.7 Å². The van der Waals surface area contributed by atoms with Crippen molar-refractivity contribution in [2.24, 2.45) is 5.92 Å². The number of amides is 1. The monoisotopic (exact) mass is 394 g/mol. The highest BCUT2D eigenvalue weighted by Gasteiger charge is 2.35. The molecule has 1 aromatic rings. The fraction of sp³-hybridized carbons (Fsp3) is 0.667. The summed E-state index contributed by atoms with van der Waals surface area (Å²) < 4.78 is 11.0. The molecule has 0 N–H and O–H groups in total. The number of methoxy groups -OCH3 is 1. The van der Waals surface area contributed by atoms with Gasteiger partial charge in [-0.05, 0) is 44.4 Å². The van der Waals surface area contributed by atoms with Gasteiger partial charge in [-0.2, -0.15) is 0 Å².